The summed E-state index contributed by atoms with van der Waals surface area (Å²) < 4.78 is 1.78. The Kier molecular flexibility index (Phi) is 5.06. The number of nitrogens with zero attached hydrogens (tertiary/aromatic N) is 3. The first kappa shape index (κ1) is 18.6. The molecule has 0 bridgehead atoms. The van der Waals surface area contributed by atoms with Crippen molar-refractivity contribution in [1.82, 2.24) is 9.55 Å². The quantitative estimate of drug-likeness (QED) is 0.496. The number of piperidine rings is 1. The van der Waals surface area contributed by atoms with Crippen molar-refractivity contribution in [3.63, 3.8) is 0 Å². The monoisotopic (exact) mass is 395 g/mol. The van der Waals surface area contributed by atoms with Crippen molar-refractivity contribution in [3.8, 4) is 5.69 Å². The number of rotatable bonds is 4. The second-order valence-corrected chi connectivity index (χ2v) is 8.03. The van der Waals surface area contributed by atoms with Gasteiger partial charge in [-0.1, -0.05) is 60.7 Å². The fourth-order valence-electron chi connectivity index (χ4n) is 4.43. The number of hydrogen-bond donors (Lipinski definition) is 0. The van der Waals surface area contributed by atoms with Gasteiger partial charge in [-0.3, -0.25) is 4.79 Å². The van der Waals surface area contributed by atoms with Gasteiger partial charge in [0, 0.05) is 13.1 Å². The molecule has 0 spiro atoms. The van der Waals surface area contributed by atoms with Crippen LogP contribution in [-0.4, -0.2) is 22.6 Å². The van der Waals surface area contributed by atoms with E-state index in [0.717, 1.165) is 49.5 Å². The number of fused-ring (bicyclic) bond motifs is 1. The Morgan fingerprint density at radius 1 is 0.800 bits per heavy atom. The first-order valence-electron chi connectivity index (χ1n) is 10.7. The van der Waals surface area contributed by atoms with Gasteiger partial charge >= 0.3 is 0 Å². The fraction of sp³-hybridized carbons (Fsp3) is 0.231. The van der Waals surface area contributed by atoms with Gasteiger partial charge < -0.3 is 4.90 Å². The van der Waals surface area contributed by atoms with Gasteiger partial charge in [0.05, 0.1) is 16.6 Å². The number of hydrogen-bond acceptors (Lipinski definition) is 3. The molecule has 30 heavy (non-hydrogen) atoms. The average molecular weight is 396 g/mol. The maximum Gasteiger partial charge on any atom is 0.267 e. The minimum Gasteiger partial charge on any atom is -0.342 e. The van der Waals surface area contributed by atoms with Crippen LogP contribution in [0.1, 0.15) is 18.4 Å². The van der Waals surface area contributed by atoms with E-state index in [1.165, 1.54) is 5.56 Å². The zero-order valence-electron chi connectivity index (χ0n) is 16.9. The van der Waals surface area contributed by atoms with Gasteiger partial charge in [0.1, 0.15) is 0 Å². The van der Waals surface area contributed by atoms with Gasteiger partial charge in [0.25, 0.3) is 5.56 Å². The van der Waals surface area contributed by atoms with Crippen molar-refractivity contribution in [2.75, 3.05) is 18.0 Å². The van der Waals surface area contributed by atoms with E-state index in [2.05, 4.69) is 35.2 Å². The summed E-state index contributed by atoms with van der Waals surface area (Å²) in [4.78, 5) is 20.6. The molecule has 0 N–H and O–H groups in total. The molecule has 2 heterocycles. The largest absolute Gasteiger partial charge is 0.342 e. The maximum absolute atomic E-state index is 13.4. The van der Waals surface area contributed by atoms with Crippen molar-refractivity contribution >= 4 is 16.9 Å². The lowest BCUT2D eigenvalue weighted by molar-refractivity contribution is 0.399. The minimum atomic E-state index is -0.00629. The number of para-hydroxylation sites is 2. The molecule has 4 heteroatoms. The number of anilines is 1. The van der Waals surface area contributed by atoms with Crippen LogP contribution in [0.25, 0.3) is 16.6 Å². The second-order valence-electron chi connectivity index (χ2n) is 8.03. The van der Waals surface area contributed by atoms with Crippen molar-refractivity contribution in [2.24, 2.45) is 5.92 Å². The summed E-state index contributed by atoms with van der Waals surface area (Å²) in [5, 5.41) is 0.657. The molecule has 0 amide bonds. The highest BCUT2D eigenvalue weighted by atomic mass is 16.1. The van der Waals surface area contributed by atoms with E-state index in [4.69, 9.17) is 4.98 Å². The molecule has 4 nitrogen and oxygen atoms in total. The van der Waals surface area contributed by atoms with Crippen LogP contribution in [0.4, 0.5) is 5.95 Å². The van der Waals surface area contributed by atoms with E-state index in [1.807, 2.05) is 54.6 Å². The van der Waals surface area contributed by atoms with E-state index in [1.54, 1.807) is 4.57 Å². The molecule has 1 saturated heterocycles. The van der Waals surface area contributed by atoms with Gasteiger partial charge in [0.2, 0.25) is 5.95 Å². The topological polar surface area (TPSA) is 38.1 Å². The van der Waals surface area contributed by atoms with Crippen LogP contribution in [-0.2, 0) is 6.42 Å². The standard InChI is InChI=1S/C26H25N3O/c30-25-23-13-7-8-14-24(23)27-26(29(25)22-11-5-2-6-12-22)28-17-15-21(16-18-28)19-20-9-3-1-4-10-20/h1-14,21H,15-19H2. The Labute approximate surface area is 176 Å². The summed E-state index contributed by atoms with van der Waals surface area (Å²) in [6.07, 6.45) is 3.32. The highest BCUT2D eigenvalue weighted by Gasteiger charge is 2.24. The van der Waals surface area contributed by atoms with Gasteiger partial charge in [-0.15, -0.1) is 0 Å². The summed E-state index contributed by atoms with van der Waals surface area (Å²) in [6, 6.07) is 28.2. The first-order valence-corrected chi connectivity index (χ1v) is 10.7. The zero-order chi connectivity index (χ0) is 20.3. The van der Waals surface area contributed by atoms with Gasteiger partial charge in [-0.05, 0) is 55.0 Å². The molecule has 0 radical (unpaired) electrons. The van der Waals surface area contributed by atoms with Gasteiger partial charge in [0.15, 0.2) is 0 Å². The smallest absolute Gasteiger partial charge is 0.267 e. The molecule has 0 atom stereocenters. The first-order chi connectivity index (χ1) is 14.8. The van der Waals surface area contributed by atoms with Crippen LogP contribution in [0.2, 0.25) is 0 Å². The maximum atomic E-state index is 13.4. The summed E-state index contributed by atoms with van der Waals surface area (Å²) in [7, 11) is 0. The molecule has 0 saturated carbocycles. The second kappa shape index (κ2) is 8.15. The van der Waals surface area contributed by atoms with E-state index < -0.39 is 0 Å². The molecular formula is C26H25N3O. The molecule has 0 aliphatic carbocycles. The minimum absolute atomic E-state index is 0.00629. The van der Waals surface area contributed by atoms with Crippen LogP contribution in [0.5, 0.6) is 0 Å². The van der Waals surface area contributed by atoms with Crippen LogP contribution in [0.15, 0.2) is 89.7 Å². The fourth-order valence-corrected chi connectivity index (χ4v) is 4.43. The molecule has 1 aliphatic heterocycles. The van der Waals surface area contributed by atoms with E-state index in [-0.39, 0.29) is 5.56 Å². The van der Waals surface area contributed by atoms with E-state index >= 15 is 0 Å². The Bertz CT molecular complexity index is 1190. The lowest BCUT2D eigenvalue weighted by atomic mass is 9.90. The lowest BCUT2D eigenvalue weighted by Gasteiger charge is -2.34. The highest BCUT2D eigenvalue weighted by Crippen LogP contribution is 2.26. The summed E-state index contributed by atoms with van der Waals surface area (Å²) in [6.45, 7) is 1.82. The van der Waals surface area contributed by atoms with E-state index in [9.17, 15) is 4.79 Å². The predicted octanol–water partition coefficient (Wildman–Crippen LogP) is 4.84. The third-order valence-corrected chi connectivity index (χ3v) is 6.04. The Morgan fingerprint density at radius 3 is 2.17 bits per heavy atom. The third kappa shape index (κ3) is 3.61. The van der Waals surface area contributed by atoms with Crippen molar-refractivity contribution in [1.29, 1.82) is 0 Å². The number of aromatic nitrogens is 2. The summed E-state index contributed by atoms with van der Waals surface area (Å²) in [5.74, 6) is 1.42. The third-order valence-electron chi connectivity index (χ3n) is 6.04. The lowest BCUT2D eigenvalue weighted by Crippen LogP contribution is -2.38. The van der Waals surface area contributed by atoms with Crippen LogP contribution in [0, 0.1) is 5.92 Å². The van der Waals surface area contributed by atoms with Crippen LogP contribution in [0.3, 0.4) is 0 Å². The van der Waals surface area contributed by atoms with Gasteiger partial charge in [-0.25, -0.2) is 9.55 Å². The normalized spacial score (nSPS) is 14.9. The average Bonchev–Trinajstić information content (AvgIpc) is 2.81. The summed E-state index contributed by atoms with van der Waals surface area (Å²) >= 11 is 0. The predicted molar refractivity (Wildman–Crippen MR) is 122 cm³/mol. The zero-order valence-corrected chi connectivity index (χ0v) is 16.9. The molecule has 1 fully saturated rings. The van der Waals surface area contributed by atoms with Crippen LogP contribution >= 0.6 is 0 Å². The molecule has 5 rings (SSSR count). The molecule has 4 aromatic rings. The highest BCUT2D eigenvalue weighted by molar-refractivity contribution is 5.79. The Hall–Kier alpha value is -3.40. The molecule has 0 unspecified atom stereocenters. The van der Waals surface area contributed by atoms with Crippen LogP contribution < -0.4 is 10.5 Å². The molecular weight excluding hydrogens is 370 g/mol. The van der Waals surface area contributed by atoms with Crippen molar-refractivity contribution < 1.29 is 0 Å². The molecule has 150 valence electrons. The van der Waals surface area contributed by atoms with Crippen molar-refractivity contribution in [2.45, 2.75) is 19.3 Å². The Balaban J connectivity index is 1.48. The SMILES string of the molecule is O=c1c2ccccc2nc(N2CCC(Cc3ccccc3)CC2)n1-c1ccccc1. The molecule has 1 aliphatic rings. The van der Waals surface area contributed by atoms with E-state index in [0.29, 0.717) is 11.3 Å². The molecule has 1 aromatic heterocycles. The summed E-state index contributed by atoms with van der Waals surface area (Å²) in [5.41, 5.74) is 3.02. The number of benzene rings is 3. The Morgan fingerprint density at radius 2 is 1.43 bits per heavy atom. The molecule has 3 aromatic carbocycles. The van der Waals surface area contributed by atoms with Gasteiger partial charge in [-0.2, -0.15) is 0 Å². The van der Waals surface area contributed by atoms with Crippen molar-refractivity contribution in [3.05, 3.63) is 101 Å².